The van der Waals surface area contributed by atoms with Crippen molar-refractivity contribution in [1.82, 2.24) is 20.5 Å². The molecule has 0 aliphatic rings. The molecule has 1 unspecified atom stereocenters. The van der Waals surface area contributed by atoms with Gasteiger partial charge in [0.25, 0.3) is 0 Å². The van der Waals surface area contributed by atoms with Crippen molar-refractivity contribution in [2.24, 2.45) is 0 Å². The highest BCUT2D eigenvalue weighted by Gasteiger charge is 2.09. The van der Waals surface area contributed by atoms with Crippen molar-refractivity contribution in [3.05, 3.63) is 12.2 Å². The number of carboxylic acids is 1. The first-order valence-electron chi connectivity index (χ1n) is 3.50. The third-order valence-corrected chi connectivity index (χ3v) is 1.41. The minimum atomic E-state index is -0.880. The Morgan fingerprint density at radius 3 is 3.17 bits per heavy atom. The number of hydrogen-bond donors (Lipinski definition) is 3. The van der Waals surface area contributed by atoms with E-state index in [4.69, 9.17) is 5.11 Å². The minimum absolute atomic E-state index is 0.382. The van der Waals surface area contributed by atoms with Gasteiger partial charge >= 0.3 is 5.97 Å². The van der Waals surface area contributed by atoms with E-state index in [0.717, 1.165) is 0 Å². The third kappa shape index (κ3) is 2.31. The van der Waals surface area contributed by atoms with Crippen LogP contribution in [0.15, 0.2) is 6.33 Å². The summed E-state index contributed by atoms with van der Waals surface area (Å²) in [6.07, 6.45) is 1.38. The number of aromatic amines is 1. The monoisotopic (exact) mass is 170 g/mol. The summed E-state index contributed by atoms with van der Waals surface area (Å²) in [5.41, 5.74) is 0. The van der Waals surface area contributed by atoms with Crippen LogP contribution in [0.2, 0.25) is 0 Å². The third-order valence-electron chi connectivity index (χ3n) is 1.41. The van der Waals surface area contributed by atoms with Gasteiger partial charge in [0.2, 0.25) is 0 Å². The molecule has 0 spiro atoms. The van der Waals surface area contributed by atoms with Gasteiger partial charge in [0, 0.05) is 0 Å². The maximum absolute atomic E-state index is 10.4. The molecule has 1 aromatic heterocycles. The molecule has 0 aliphatic heterocycles. The van der Waals surface area contributed by atoms with E-state index in [9.17, 15) is 4.79 Å². The van der Waals surface area contributed by atoms with Crippen molar-refractivity contribution in [2.45, 2.75) is 19.5 Å². The second-order valence-electron chi connectivity index (χ2n) is 2.37. The molecule has 1 rings (SSSR count). The van der Waals surface area contributed by atoms with E-state index in [-0.39, 0.29) is 0 Å². The van der Waals surface area contributed by atoms with Gasteiger partial charge < -0.3 is 5.11 Å². The lowest BCUT2D eigenvalue weighted by Gasteiger charge is -2.05. The fraction of sp³-hybridized carbons (Fsp3) is 0.500. The van der Waals surface area contributed by atoms with Crippen LogP contribution in [0.3, 0.4) is 0 Å². The SMILES string of the molecule is CC(NCc1ncn[nH]1)C(=O)O. The van der Waals surface area contributed by atoms with Crippen LogP contribution in [0, 0.1) is 0 Å². The number of hydrogen-bond acceptors (Lipinski definition) is 4. The number of aliphatic carboxylic acids is 1. The standard InChI is InChI=1S/C6H10N4O2/c1-4(6(11)12)7-2-5-8-3-9-10-5/h3-4,7H,2H2,1H3,(H,11,12)(H,8,9,10). The summed E-state index contributed by atoms with van der Waals surface area (Å²) in [6, 6.07) is -0.574. The number of aromatic nitrogens is 3. The Balaban J connectivity index is 2.31. The average molecular weight is 170 g/mol. The number of carbonyl (C=O) groups is 1. The second kappa shape index (κ2) is 3.82. The first-order chi connectivity index (χ1) is 5.70. The number of carboxylic acid groups (broad SMARTS) is 1. The van der Waals surface area contributed by atoms with Crippen molar-refractivity contribution in [3.63, 3.8) is 0 Å². The molecule has 6 nitrogen and oxygen atoms in total. The highest BCUT2D eigenvalue weighted by molar-refractivity contribution is 5.72. The Hall–Kier alpha value is -1.43. The average Bonchev–Trinajstić information content (AvgIpc) is 2.51. The minimum Gasteiger partial charge on any atom is -0.480 e. The van der Waals surface area contributed by atoms with Crippen LogP contribution in [-0.2, 0) is 11.3 Å². The molecule has 0 aromatic carbocycles. The summed E-state index contributed by atoms with van der Waals surface area (Å²) in [6.45, 7) is 1.95. The Kier molecular flexibility index (Phi) is 2.76. The van der Waals surface area contributed by atoms with Crippen LogP contribution in [0.4, 0.5) is 0 Å². The molecule has 1 heterocycles. The van der Waals surface area contributed by atoms with E-state index in [0.29, 0.717) is 12.4 Å². The smallest absolute Gasteiger partial charge is 0.320 e. The lowest BCUT2D eigenvalue weighted by Crippen LogP contribution is -2.33. The molecule has 0 aliphatic carbocycles. The van der Waals surface area contributed by atoms with E-state index in [2.05, 4.69) is 20.5 Å². The van der Waals surface area contributed by atoms with Gasteiger partial charge in [-0.3, -0.25) is 15.2 Å². The summed E-state index contributed by atoms with van der Waals surface area (Å²) in [5.74, 6) is -0.252. The summed E-state index contributed by atoms with van der Waals surface area (Å²) in [4.78, 5) is 14.2. The molecule has 0 bridgehead atoms. The fourth-order valence-electron chi connectivity index (χ4n) is 0.653. The molecule has 0 saturated heterocycles. The molecule has 12 heavy (non-hydrogen) atoms. The molecule has 3 N–H and O–H groups in total. The summed E-state index contributed by atoms with van der Waals surface area (Å²) < 4.78 is 0. The molecule has 1 atom stereocenters. The molecule has 66 valence electrons. The Labute approximate surface area is 69.0 Å². The first kappa shape index (κ1) is 8.66. The van der Waals surface area contributed by atoms with Gasteiger partial charge in [0.1, 0.15) is 18.2 Å². The fourth-order valence-corrected chi connectivity index (χ4v) is 0.653. The van der Waals surface area contributed by atoms with Crippen molar-refractivity contribution in [1.29, 1.82) is 0 Å². The Morgan fingerprint density at radius 1 is 1.92 bits per heavy atom. The number of rotatable bonds is 4. The van der Waals surface area contributed by atoms with E-state index >= 15 is 0 Å². The van der Waals surface area contributed by atoms with Crippen LogP contribution >= 0.6 is 0 Å². The van der Waals surface area contributed by atoms with Gasteiger partial charge in [-0.2, -0.15) is 5.10 Å². The van der Waals surface area contributed by atoms with E-state index < -0.39 is 12.0 Å². The maximum atomic E-state index is 10.4. The maximum Gasteiger partial charge on any atom is 0.320 e. The van der Waals surface area contributed by atoms with Gasteiger partial charge in [-0.15, -0.1) is 0 Å². The molecule has 0 saturated carbocycles. The van der Waals surface area contributed by atoms with Crippen LogP contribution in [0.1, 0.15) is 12.7 Å². The predicted molar refractivity (Wildman–Crippen MR) is 40.3 cm³/mol. The largest absolute Gasteiger partial charge is 0.480 e. The van der Waals surface area contributed by atoms with Crippen molar-refractivity contribution in [3.8, 4) is 0 Å². The van der Waals surface area contributed by atoms with Gasteiger partial charge in [0.15, 0.2) is 0 Å². The lowest BCUT2D eigenvalue weighted by molar-refractivity contribution is -0.139. The Morgan fingerprint density at radius 2 is 2.67 bits per heavy atom. The molecule has 1 aromatic rings. The van der Waals surface area contributed by atoms with Crippen molar-refractivity contribution in [2.75, 3.05) is 0 Å². The molecular formula is C6H10N4O2. The van der Waals surface area contributed by atoms with Gasteiger partial charge in [-0.05, 0) is 6.92 Å². The number of nitrogens with one attached hydrogen (secondary N) is 2. The van der Waals surface area contributed by atoms with E-state index in [1.54, 1.807) is 6.92 Å². The van der Waals surface area contributed by atoms with Crippen LogP contribution in [-0.4, -0.2) is 32.3 Å². The van der Waals surface area contributed by atoms with E-state index in [1.165, 1.54) is 6.33 Å². The van der Waals surface area contributed by atoms with Crippen LogP contribution in [0.5, 0.6) is 0 Å². The van der Waals surface area contributed by atoms with Gasteiger partial charge in [0.05, 0.1) is 6.54 Å². The highest BCUT2D eigenvalue weighted by Crippen LogP contribution is 1.87. The van der Waals surface area contributed by atoms with Crippen LogP contribution in [0.25, 0.3) is 0 Å². The zero-order chi connectivity index (χ0) is 8.97. The predicted octanol–water partition coefficient (Wildman–Crippen LogP) is -0.633. The molecule has 0 amide bonds. The normalized spacial score (nSPS) is 12.8. The number of nitrogens with zero attached hydrogens (tertiary/aromatic N) is 2. The molecule has 6 heteroatoms. The zero-order valence-corrected chi connectivity index (χ0v) is 6.61. The number of H-pyrrole nitrogens is 1. The topological polar surface area (TPSA) is 90.9 Å². The molecule has 0 fully saturated rings. The quantitative estimate of drug-likeness (QED) is 0.559. The highest BCUT2D eigenvalue weighted by atomic mass is 16.4. The summed E-state index contributed by atoms with van der Waals surface area (Å²) >= 11 is 0. The van der Waals surface area contributed by atoms with Crippen LogP contribution < -0.4 is 5.32 Å². The summed E-state index contributed by atoms with van der Waals surface area (Å²) in [7, 11) is 0. The Bertz CT molecular complexity index is 246. The summed E-state index contributed by atoms with van der Waals surface area (Å²) in [5, 5.41) is 17.5. The van der Waals surface area contributed by atoms with Crippen molar-refractivity contribution >= 4 is 5.97 Å². The zero-order valence-electron chi connectivity index (χ0n) is 6.61. The van der Waals surface area contributed by atoms with E-state index in [1.807, 2.05) is 0 Å². The lowest BCUT2D eigenvalue weighted by atomic mass is 10.3. The molecule has 0 radical (unpaired) electrons. The van der Waals surface area contributed by atoms with Gasteiger partial charge in [-0.1, -0.05) is 0 Å². The first-order valence-corrected chi connectivity index (χ1v) is 3.50. The van der Waals surface area contributed by atoms with Gasteiger partial charge in [-0.25, -0.2) is 4.98 Å². The second-order valence-corrected chi connectivity index (χ2v) is 2.37. The molecular weight excluding hydrogens is 160 g/mol. The van der Waals surface area contributed by atoms with Crippen molar-refractivity contribution < 1.29 is 9.90 Å².